The summed E-state index contributed by atoms with van der Waals surface area (Å²) in [6, 6.07) is 0. The quantitative estimate of drug-likeness (QED) is 0.633. The van der Waals surface area contributed by atoms with E-state index in [-0.39, 0.29) is 6.20 Å². The number of hydrogen-bond acceptors (Lipinski definition) is 4. The maximum atomic E-state index is 13.0. The molecule has 1 heterocycles. The first-order chi connectivity index (χ1) is 9.22. The van der Waals surface area contributed by atoms with Gasteiger partial charge in [-0.2, -0.15) is 13.2 Å². The van der Waals surface area contributed by atoms with Gasteiger partial charge in [0.2, 0.25) is 5.88 Å². The van der Waals surface area contributed by atoms with E-state index in [1.807, 2.05) is 0 Å². The molecule has 0 amide bonds. The van der Waals surface area contributed by atoms with Gasteiger partial charge in [-0.15, -0.1) is 0 Å². The lowest BCUT2D eigenvalue weighted by Crippen LogP contribution is -2.16. The molecule has 9 heteroatoms. The first kappa shape index (κ1) is 16.1. The molecule has 0 saturated carbocycles. The Balaban J connectivity index is 3.53. The lowest BCUT2D eigenvalue weighted by atomic mass is 10.0. The zero-order chi connectivity index (χ0) is 15.5. The molecule has 0 aliphatic carbocycles. The Morgan fingerprint density at radius 1 is 1.35 bits per heavy atom. The van der Waals surface area contributed by atoms with Crippen LogP contribution in [0.1, 0.15) is 23.1 Å². The number of carbonyl (C=O) groups excluding carboxylic acids is 1. The summed E-state index contributed by atoms with van der Waals surface area (Å²) in [6.07, 6.45) is -9.00. The Hall–Kier alpha value is -1.93. The minimum atomic E-state index is -5.02. The highest BCUT2D eigenvalue weighted by Gasteiger charge is 2.39. The molecule has 0 fully saturated rings. The third-order valence-electron chi connectivity index (χ3n) is 2.45. The van der Waals surface area contributed by atoms with Crippen LogP contribution in [0.4, 0.5) is 22.0 Å². The van der Waals surface area contributed by atoms with E-state index in [0.717, 1.165) is 14.2 Å². The molecule has 0 aliphatic heterocycles. The lowest BCUT2D eigenvalue weighted by molar-refractivity contribution is -0.141. The fourth-order valence-corrected chi connectivity index (χ4v) is 1.59. The minimum absolute atomic E-state index is 0.251. The molecule has 0 atom stereocenters. The largest absolute Gasteiger partial charge is 0.481 e. The molecule has 0 unspecified atom stereocenters. The second-order valence-electron chi connectivity index (χ2n) is 3.62. The molecule has 20 heavy (non-hydrogen) atoms. The number of nitrogens with zero attached hydrogens (tertiary/aromatic N) is 1. The van der Waals surface area contributed by atoms with E-state index in [0.29, 0.717) is 0 Å². The van der Waals surface area contributed by atoms with Crippen LogP contribution < -0.4 is 4.74 Å². The maximum Gasteiger partial charge on any atom is 0.418 e. The monoisotopic (exact) mass is 299 g/mol. The van der Waals surface area contributed by atoms with Gasteiger partial charge in [-0.3, -0.25) is 4.79 Å². The molecular formula is C11H10F5NO3. The predicted octanol–water partition coefficient (Wildman–Crippen LogP) is 2.76. The zero-order valence-corrected chi connectivity index (χ0v) is 10.4. The normalized spacial score (nSPS) is 11.6. The topological polar surface area (TPSA) is 48.4 Å². The third-order valence-corrected chi connectivity index (χ3v) is 2.45. The molecule has 0 aliphatic rings. The molecule has 112 valence electrons. The van der Waals surface area contributed by atoms with Crippen molar-refractivity contribution in [1.29, 1.82) is 0 Å². The summed E-state index contributed by atoms with van der Waals surface area (Å²) in [7, 11) is 2.03. The maximum absolute atomic E-state index is 13.0. The van der Waals surface area contributed by atoms with Gasteiger partial charge in [0, 0.05) is 17.3 Å². The Morgan fingerprint density at radius 3 is 2.35 bits per heavy atom. The SMILES string of the molecule is COC(=O)Cc1c(OC)ncc(C(F)(F)F)c1C(F)F. The van der Waals surface area contributed by atoms with Crippen LogP contribution in [0, 0.1) is 0 Å². The molecule has 1 aromatic rings. The van der Waals surface area contributed by atoms with Crippen molar-refractivity contribution in [2.24, 2.45) is 0 Å². The summed E-state index contributed by atoms with van der Waals surface area (Å²) in [5.41, 5.74) is -3.56. The average Bonchev–Trinajstić information content (AvgIpc) is 2.36. The van der Waals surface area contributed by atoms with E-state index in [2.05, 4.69) is 14.5 Å². The van der Waals surface area contributed by atoms with Gasteiger partial charge in [-0.25, -0.2) is 13.8 Å². The standard InChI is InChI=1S/C11H10F5NO3/c1-19-7(18)3-5-8(9(12)13)6(11(14,15)16)4-17-10(5)20-2/h4,9H,3H2,1-2H3. The van der Waals surface area contributed by atoms with Gasteiger partial charge in [0.15, 0.2) is 0 Å². The molecule has 0 saturated heterocycles. The number of pyridine rings is 1. The Bertz CT molecular complexity index is 502. The number of esters is 1. The highest BCUT2D eigenvalue weighted by atomic mass is 19.4. The molecule has 0 radical (unpaired) electrons. The fraction of sp³-hybridized carbons (Fsp3) is 0.455. The van der Waals surface area contributed by atoms with E-state index in [1.165, 1.54) is 0 Å². The number of aromatic nitrogens is 1. The Morgan fingerprint density at radius 2 is 1.95 bits per heavy atom. The van der Waals surface area contributed by atoms with Gasteiger partial charge >= 0.3 is 12.1 Å². The van der Waals surface area contributed by atoms with Gasteiger partial charge < -0.3 is 9.47 Å². The number of alkyl halides is 5. The first-order valence-corrected chi connectivity index (χ1v) is 5.20. The average molecular weight is 299 g/mol. The number of halogens is 5. The summed E-state index contributed by atoms with van der Waals surface area (Å²) >= 11 is 0. The highest BCUT2D eigenvalue weighted by Crippen LogP contribution is 2.40. The van der Waals surface area contributed by atoms with Crippen molar-refractivity contribution in [1.82, 2.24) is 4.98 Å². The molecule has 1 rings (SSSR count). The van der Waals surface area contributed by atoms with Crippen molar-refractivity contribution in [3.8, 4) is 5.88 Å². The number of ether oxygens (including phenoxy) is 2. The number of rotatable bonds is 4. The van der Waals surface area contributed by atoms with E-state index in [9.17, 15) is 26.7 Å². The van der Waals surface area contributed by atoms with Crippen molar-refractivity contribution in [2.75, 3.05) is 14.2 Å². The first-order valence-electron chi connectivity index (χ1n) is 5.20. The third kappa shape index (κ3) is 3.34. The minimum Gasteiger partial charge on any atom is -0.481 e. The molecule has 4 nitrogen and oxygen atoms in total. The predicted molar refractivity (Wildman–Crippen MR) is 56.5 cm³/mol. The van der Waals surface area contributed by atoms with Crippen LogP contribution in [-0.4, -0.2) is 25.2 Å². The van der Waals surface area contributed by atoms with Crippen LogP contribution in [0.25, 0.3) is 0 Å². The summed E-state index contributed by atoms with van der Waals surface area (Å²) < 4.78 is 72.9. The molecule has 1 aromatic heterocycles. The van der Waals surface area contributed by atoms with E-state index >= 15 is 0 Å². The van der Waals surface area contributed by atoms with Crippen molar-refractivity contribution in [2.45, 2.75) is 19.0 Å². The summed E-state index contributed by atoms with van der Waals surface area (Å²) in [4.78, 5) is 14.5. The summed E-state index contributed by atoms with van der Waals surface area (Å²) in [5, 5.41) is 0. The highest BCUT2D eigenvalue weighted by molar-refractivity contribution is 5.74. The van der Waals surface area contributed by atoms with Gasteiger partial charge in [-0.1, -0.05) is 0 Å². The van der Waals surface area contributed by atoms with E-state index < -0.39 is 47.6 Å². The lowest BCUT2D eigenvalue weighted by Gasteiger charge is -2.17. The van der Waals surface area contributed by atoms with Gasteiger partial charge in [0.1, 0.15) is 0 Å². The van der Waals surface area contributed by atoms with E-state index in [1.54, 1.807) is 0 Å². The second-order valence-corrected chi connectivity index (χ2v) is 3.62. The zero-order valence-electron chi connectivity index (χ0n) is 10.4. The number of methoxy groups -OCH3 is 2. The van der Waals surface area contributed by atoms with Crippen LogP contribution in [0.5, 0.6) is 5.88 Å². The van der Waals surface area contributed by atoms with Crippen molar-refractivity contribution in [3.05, 3.63) is 22.9 Å². The van der Waals surface area contributed by atoms with Crippen LogP contribution in [0.2, 0.25) is 0 Å². The van der Waals surface area contributed by atoms with Gasteiger partial charge in [-0.05, 0) is 0 Å². The van der Waals surface area contributed by atoms with Crippen molar-refractivity contribution in [3.63, 3.8) is 0 Å². The molecule has 0 aromatic carbocycles. The Labute approximate surface area is 110 Å². The molecule has 0 N–H and O–H groups in total. The molecule has 0 bridgehead atoms. The fourth-order valence-electron chi connectivity index (χ4n) is 1.59. The molecular weight excluding hydrogens is 289 g/mol. The summed E-state index contributed by atoms with van der Waals surface area (Å²) in [6.45, 7) is 0. The number of carbonyl (C=O) groups is 1. The van der Waals surface area contributed by atoms with E-state index in [4.69, 9.17) is 0 Å². The Kier molecular flexibility index (Phi) is 4.85. The van der Waals surface area contributed by atoms with Crippen molar-refractivity contribution >= 4 is 5.97 Å². The number of hydrogen-bond donors (Lipinski definition) is 0. The molecule has 0 spiro atoms. The van der Waals surface area contributed by atoms with Crippen LogP contribution in [0.15, 0.2) is 6.20 Å². The van der Waals surface area contributed by atoms with Crippen LogP contribution in [-0.2, 0) is 22.1 Å². The van der Waals surface area contributed by atoms with Gasteiger partial charge in [0.25, 0.3) is 6.43 Å². The van der Waals surface area contributed by atoms with Gasteiger partial charge in [0.05, 0.1) is 26.2 Å². The van der Waals surface area contributed by atoms with Crippen LogP contribution >= 0.6 is 0 Å². The second kappa shape index (κ2) is 6.02. The van der Waals surface area contributed by atoms with Crippen molar-refractivity contribution < 1.29 is 36.2 Å². The smallest absolute Gasteiger partial charge is 0.418 e. The summed E-state index contributed by atoms with van der Waals surface area (Å²) in [5.74, 6) is -1.45. The van der Waals surface area contributed by atoms with Crippen LogP contribution in [0.3, 0.4) is 0 Å².